The largest absolute Gasteiger partial charge is 0.324 e. The van der Waals surface area contributed by atoms with Crippen molar-refractivity contribution in [3.8, 4) is 11.3 Å². The molecular formula is C22H24ClN3OS. The van der Waals surface area contributed by atoms with Crippen LogP contribution in [0.4, 0.5) is 5.69 Å². The smallest absolute Gasteiger partial charge is 0.238 e. The number of aryl methyl sites for hydroxylation is 3. The molecule has 2 aromatic carbocycles. The highest BCUT2D eigenvalue weighted by Gasteiger charge is 2.13. The van der Waals surface area contributed by atoms with E-state index in [1.165, 1.54) is 5.56 Å². The minimum Gasteiger partial charge on any atom is -0.324 e. The first-order valence-corrected chi connectivity index (χ1v) is 10.3. The molecule has 28 heavy (non-hydrogen) atoms. The van der Waals surface area contributed by atoms with E-state index in [1.54, 1.807) is 11.3 Å². The molecule has 0 bridgehead atoms. The summed E-state index contributed by atoms with van der Waals surface area (Å²) in [6, 6.07) is 11.8. The maximum Gasteiger partial charge on any atom is 0.238 e. The zero-order valence-corrected chi connectivity index (χ0v) is 18.1. The molecule has 0 fully saturated rings. The van der Waals surface area contributed by atoms with Gasteiger partial charge in [-0.2, -0.15) is 0 Å². The molecule has 146 valence electrons. The summed E-state index contributed by atoms with van der Waals surface area (Å²) in [4.78, 5) is 19.1. The van der Waals surface area contributed by atoms with E-state index in [0.29, 0.717) is 18.1 Å². The molecule has 0 unspecified atom stereocenters. The van der Waals surface area contributed by atoms with Gasteiger partial charge in [0.15, 0.2) is 0 Å². The third kappa shape index (κ3) is 5.19. The number of carbonyl (C=O) groups is 1. The predicted octanol–water partition coefficient (Wildman–Crippen LogP) is 5.46. The molecule has 1 heterocycles. The Morgan fingerprint density at radius 2 is 1.79 bits per heavy atom. The highest BCUT2D eigenvalue weighted by Crippen LogP contribution is 2.24. The molecule has 0 saturated carbocycles. The second-order valence-electron chi connectivity index (χ2n) is 7.13. The lowest BCUT2D eigenvalue weighted by Gasteiger charge is -2.17. The first kappa shape index (κ1) is 20.5. The molecule has 0 aliphatic carbocycles. The summed E-state index contributed by atoms with van der Waals surface area (Å²) in [5.74, 6) is -0.0213. The van der Waals surface area contributed by atoms with Crippen molar-refractivity contribution in [2.75, 3.05) is 18.9 Å². The van der Waals surface area contributed by atoms with Gasteiger partial charge in [-0.15, -0.1) is 11.3 Å². The van der Waals surface area contributed by atoms with Crippen LogP contribution in [0.15, 0.2) is 41.8 Å². The molecule has 0 saturated heterocycles. The maximum atomic E-state index is 12.5. The number of thiazole rings is 1. The van der Waals surface area contributed by atoms with Crippen molar-refractivity contribution in [2.45, 2.75) is 27.3 Å². The number of rotatable bonds is 6. The summed E-state index contributed by atoms with van der Waals surface area (Å²) in [6.07, 6.45) is 0. The van der Waals surface area contributed by atoms with Crippen molar-refractivity contribution in [3.63, 3.8) is 0 Å². The molecule has 0 atom stereocenters. The van der Waals surface area contributed by atoms with Gasteiger partial charge in [0.05, 0.1) is 18.8 Å². The summed E-state index contributed by atoms with van der Waals surface area (Å²) in [5, 5.41) is 6.77. The molecule has 3 aromatic rings. The second-order valence-corrected chi connectivity index (χ2v) is 8.51. The van der Waals surface area contributed by atoms with E-state index in [-0.39, 0.29) is 5.91 Å². The summed E-state index contributed by atoms with van der Waals surface area (Å²) in [6.45, 7) is 7.03. The topological polar surface area (TPSA) is 45.2 Å². The first-order chi connectivity index (χ1) is 13.3. The summed E-state index contributed by atoms with van der Waals surface area (Å²) < 4.78 is 0. The summed E-state index contributed by atoms with van der Waals surface area (Å²) in [7, 11) is 1.93. The van der Waals surface area contributed by atoms with E-state index in [1.807, 2.05) is 55.4 Å². The minimum absolute atomic E-state index is 0.0213. The fourth-order valence-corrected chi connectivity index (χ4v) is 4.23. The van der Waals surface area contributed by atoms with E-state index < -0.39 is 0 Å². The van der Waals surface area contributed by atoms with Gasteiger partial charge in [0.25, 0.3) is 0 Å². The van der Waals surface area contributed by atoms with E-state index >= 15 is 0 Å². The molecule has 0 radical (unpaired) electrons. The molecule has 1 aromatic heterocycles. The van der Waals surface area contributed by atoms with Crippen LogP contribution in [-0.2, 0) is 11.3 Å². The van der Waals surface area contributed by atoms with E-state index in [2.05, 4.69) is 29.4 Å². The quantitative estimate of drug-likeness (QED) is 0.583. The molecule has 0 aliphatic rings. The molecule has 1 amide bonds. The number of aromatic nitrogens is 1. The van der Waals surface area contributed by atoms with Gasteiger partial charge < -0.3 is 5.32 Å². The number of nitrogens with zero attached hydrogens (tertiary/aromatic N) is 2. The molecule has 4 nitrogen and oxygen atoms in total. The zero-order valence-electron chi connectivity index (χ0n) is 16.5. The fourth-order valence-electron chi connectivity index (χ4n) is 3.22. The minimum atomic E-state index is -0.0213. The zero-order chi connectivity index (χ0) is 20.3. The van der Waals surface area contributed by atoms with Crippen molar-refractivity contribution >= 4 is 34.5 Å². The number of nitrogens with one attached hydrogen (secondary N) is 1. The molecule has 0 aliphatic heterocycles. The normalized spacial score (nSPS) is 11.1. The third-order valence-corrected chi connectivity index (χ3v) is 5.54. The first-order valence-electron chi connectivity index (χ1n) is 9.08. The Labute approximate surface area is 175 Å². The summed E-state index contributed by atoms with van der Waals surface area (Å²) in [5.41, 5.74) is 6.24. The number of carbonyl (C=O) groups excluding carboxylic acids is 1. The molecule has 0 spiro atoms. The van der Waals surface area contributed by atoms with Crippen molar-refractivity contribution < 1.29 is 4.79 Å². The Bertz CT molecular complexity index is 959. The van der Waals surface area contributed by atoms with Crippen LogP contribution in [0, 0.1) is 20.8 Å². The SMILES string of the molecule is Cc1cc(C)c(NC(=O)CN(C)Cc2nc(-c3ccc(Cl)cc3)cs2)c(C)c1. The van der Waals surface area contributed by atoms with Crippen LogP contribution in [0.25, 0.3) is 11.3 Å². The molecule has 1 N–H and O–H groups in total. The Balaban J connectivity index is 1.59. The van der Waals surface area contributed by atoms with E-state index in [9.17, 15) is 4.79 Å². The Morgan fingerprint density at radius 3 is 2.43 bits per heavy atom. The van der Waals surface area contributed by atoms with Crippen LogP contribution >= 0.6 is 22.9 Å². The van der Waals surface area contributed by atoms with Gasteiger partial charge in [-0.1, -0.05) is 41.4 Å². The van der Waals surface area contributed by atoms with Crippen molar-refractivity contribution in [3.05, 3.63) is 68.5 Å². The van der Waals surface area contributed by atoms with Crippen LogP contribution in [0.1, 0.15) is 21.7 Å². The van der Waals surface area contributed by atoms with Gasteiger partial charge >= 0.3 is 0 Å². The van der Waals surface area contributed by atoms with Crippen LogP contribution in [0.5, 0.6) is 0 Å². The average molecular weight is 414 g/mol. The third-order valence-electron chi connectivity index (χ3n) is 4.45. The summed E-state index contributed by atoms with van der Waals surface area (Å²) >= 11 is 7.54. The lowest BCUT2D eigenvalue weighted by atomic mass is 10.1. The maximum absolute atomic E-state index is 12.5. The van der Waals surface area contributed by atoms with Gasteiger partial charge in [0, 0.05) is 21.7 Å². The van der Waals surface area contributed by atoms with Gasteiger partial charge in [-0.25, -0.2) is 4.98 Å². The highest BCUT2D eigenvalue weighted by molar-refractivity contribution is 7.09. The number of hydrogen-bond acceptors (Lipinski definition) is 4. The Morgan fingerprint density at radius 1 is 1.14 bits per heavy atom. The predicted molar refractivity (Wildman–Crippen MR) is 118 cm³/mol. The van der Waals surface area contributed by atoms with Crippen molar-refractivity contribution in [2.24, 2.45) is 0 Å². The van der Waals surface area contributed by atoms with Crippen LogP contribution in [0.3, 0.4) is 0 Å². The van der Waals surface area contributed by atoms with Gasteiger partial charge in [-0.3, -0.25) is 9.69 Å². The van der Waals surface area contributed by atoms with Crippen LogP contribution in [0.2, 0.25) is 5.02 Å². The standard InChI is InChI=1S/C22H24ClN3OS/c1-14-9-15(2)22(16(3)10-14)25-20(27)11-26(4)12-21-24-19(13-28-21)17-5-7-18(23)8-6-17/h5-10,13H,11-12H2,1-4H3,(H,25,27). The van der Waals surface area contributed by atoms with E-state index in [0.717, 1.165) is 33.1 Å². The second kappa shape index (κ2) is 8.86. The number of likely N-dealkylation sites (N-methyl/N-ethyl adjacent to an activating group) is 1. The molecule has 3 rings (SSSR count). The monoisotopic (exact) mass is 413 g/mol. The number of anilines is 1. The Hall–Kier alpha value is -2.21. The average Bonchev–Trinajstić information content (AvgIpc) is 3.07. The van der Waals surface area contributed by atoms with Crippen molar-refractivity contribution in [1.82, 2.24) is 9.88 Å². The number of halogens is 1. The van der Waals surface area contributed by atoms with Crippen molar-refractivity contribution in [1.29, 1.82) is 0 Å². The number of benzene rings is 2. The molecule has 6 heteroatoms. The lowest BCUT2D eigenvalue weighted by Crippen LogP contribution is -2.30. The fraction of sp³-hybridized carbons (Fsp3) is 0.273. The highest BCUT2D eigenvalue weighted by atomic mass is 35.5. The number of hydrogen-bond donors (Lipinski definition) is 1. The van der Waals surface area contributed by atoms with Gasteiger partial charge in [-0.05, 0) is 51.1 Å². The van der Waals surface area contributed by atoms with Gasteiger partial charge in [0.2, 0.25) is 5.91 Å². The van der Waals surface area contributed by atoms with E-state index in [4.69, 9.17) is 11.6 Å². The van der Waals surface area contributed by atoms with Gasteiger partial charge in [0.1, 0.15) is 5.01 Å². The lowest BCUT2D eigenvalue weighted by molar-refractivity contribution is -0.117. The van der Waals surface area contributed by atoms with Crippen LogP contribution < -0.4 is 5.32 Å². The molecular weight excluding hydrogens is 390 g/mol. The van der Waals surface area contributed by atoms with Crippen LogP contribution in [-0.4, -0.2) is 29.4 Å². The Kier molecular flexibility index (Phi) is 6.50. The number of amides is 1.